The molecule has 0 radical (unpaired) electrons. The molecule has 0 fully saturated rings. The summed E-state index contributed by atoms with van der Waals surface area (Å²) in [6, 6.07) is 7.31. The molecular formula is C14H20ClNO2. The Balaban J connectivity index is 2.25. The molecule has 18 heavy (non-hydrogen) atoms. The van der Waals surface area contributed by atoms with Crippen molar-refractivity contribution in [1.29, 1.82) is 0 Å². The maximum absolute atomic E-state index is 11.5. The Morgan fingerprint density at radius 3 is 2.72 bits per heavy atom. The number of hydrogen-bond donors (Lipinski definition) is 1. The average Bonchev–Trinajstić information content (AvgIpc) is 2.25. The SMILES string of the molecule is CC(C)(C)NCCC(=O)OCc1cccc(Cl)c1. The van der Waals surface area contributed by atoms with Gasteiger partial charge in [0.2, 0.25) is 0 Å². The van der Waals surface area contributed by atoms with E-state index < -0.39 is 0 Å². The molecule has 1 aromatic carbocycles. The van der Waals surface area contributed by atoms with Crippen LogP contribution in [0.1, 0.15) is 32.8 Å². The van der Waals surface area contributed by atoms with E-state index in [0.29, 0.717) is 18.0 Å². The molecule has 0 atom stereocenters. The normalized spacial score (nSPS) is 11.3. The lowest BCUT2D eigenvalue weighted by molar-refractivity contribution is -0.144. The largest absolute Gasteiger partial charge is 0.461 e. The molecule has 0 aromatic heterocycles. The third kappa shape index (κ3) is 6.62. The quantitative estimate of drug-likeness (QED) is 0.835. The van der Waals surface area contributed by atoms with E-state index in [0.717, 1.165) is 5.56 Å². The zero-order valence-electron chi connectivity index (χ0n) is 11.1. The summed E-state index contributed by atoms with van der Waals surface area (Å²) < 4.78 is 5.16. The molecule has 4 heteroatoms. The van der Waals surface area contributed by atoms with Crippen LogP contribution < -0.4 is 5.32 Å². The minimum atomic E-state index is -0.202. The van der Waals surface area contributed by atoms with E-state index in [1.807, 2.05) is 12.1 Å². The van der Waals surface area contributed by atoms with Gasteiger partial charge >= 0.3 is 5.97 Å². The summed E-state index contributed by atoms with van der Waals surface area (Å²) in [6.07, 6.45) is 0.373. The van der Waals surface area contributed by atoms with Crippen LogP contribution in [0, 0.1) is 0 Å². The van der Waals surface area contributed by atoms with E-state index in [1.54, 1.807) is 12.1 Å². The summed E-state index contributed by atoms with van der Waals surface area (Å²) in [7, 11) is 0. The second-order valence-electron chi connectivity index (χ2n) is 5.22. The smallest absolute Gasteiger partial charge is 0.307 e. The van der Waals surface area contributed by atoms with Crippen LogP contribution in [0.4, 0.5) is 0 Å². The fourth-order valence-corrected chi connectivity index (χ4v) is 1.62. The van der Waals surface area contributed by atoms with Crippen molar-refractivity contribution in [2.75, 3.05) is 6.54 Å². The van der Waals surface area contributed by atoms with Crippen molar-refractivity contribution in [2.45, 2.75) is 39.3 Å². The number of nitrogens with one attached hydrogen (secondary N) is 1. The third-order valence-corrected chi connectivity index (χ3v) is 2.51. The zero-order valence-corrected chi connectivity index (χ0v) is 11.9. The minimum Gasteiger partial charge on any atom is -0.461 e. The van der Waals surface area contributed by atoms with Crippen LogP contribution in [0.25, 0.3) is 0 Å². The third-order valence-electron chi connectivity index (χ3n) is 2.27. The van der Waals surface area contributed by atoms with E-state index in [1.165, 1.54) is 0 Å². The Morgan fingerprint density at radius 2 is 2.11 bits per heavy atom. The van der Waals surface area contributed by atoms with Crippen LogP contribution in [0.5, 0.6) is 0 Å². The number of carbonyl (C=O) groups is 1. The fraction of sp³-hybridized carbons (Fsp3) is 0.500. The second-order valence-corrected chi connectivity index (χ2v) is 5.65. The predicted molar refractivity (Wildman–Crippen MR) is 73.6 cm³/mol. The van der Waals surface area contributed by atoms with E-state index in [-0.39, 0.29) is 18.1 Å². The lowest BCUT2D eigenvalue weighted by atomic mass is 10.1. The van der Waals surface area contributed by atoms with Gasteiger partial charge in [-0.2, -0.15) is 0 Å². The monoisotopic (exact) mass is 269 g/mol. The molecule has 100 valence electrons. The molecule has 3 nitrogen and oxygen atoms in total. The predicted octanol–water partition coefficient (Wildman–Crippen LogP) is 3.16. The highest BCUT2D eigenvalue weighted by molar-refractivity contribution is 6.30. The second kappa shape index (κ2) is 6.76. The van der Waals surface area contributed by atoms with Gasteiger partial charge in [-0.1, -0.05) is 23.7 Å². The number of benzene rings is 1. The molecule has 1 aromatic rings. The van der Waals surface area contributed by atoms with E-state index in [4.69, 9.17) is 16.3 Å². The lowest BCUT2D eigenvalue weighted by Gasteiger charge is -2.19. The average molecular weight is 270 g/mol. The standard InChI is InChI=1S/C14H20ClNO2/c1-14(2,3)16-8-7-13(17)18-10-11-5-4-6-12(15)9-11/h4-6,9,16H,7-8,10H2,1-3H3. The number of hydrogen-bond acceptors (Lipinski definition) is 3. The van der Waals surface area contributed by atoms with Crippen LogP contribution in [0.2, 0.25) is 5.02 Å². The fourth-order valence-electron chi connectivity index (χ4n) is 1.40. The van der Waals surface area contributed by atoms with Gasteiger partial charge in [0.25, 0.3) is 0 Å². The number of carbonyl (C=O) groups excluding carboxylic acids is 1. The van der Waals surface area contributed by atoms with Crippen molar-refractivity contribution in [1.82, 2.24) is 5.32 Å². The molecule has 0 aliphatic rings. The topological polar surface area (TPSA) is 38.3 Å². The summed E-state index contributed by atoms with van der Waals surface area (Å²) in [5.74, 6) is -0.202. The lowest BCUT2D eigenvalue weighted by Crippen LogP contribution is -2.37. The number of ether oxygens (including phenoxy) is 1. The van der Waals surface area contributed by atoms with Gasteiger partial charge in [-0.15, -0.1) is 0 Å². The van der Waals surface area contributed by atoms with Crippen molar-refractivity contribution < 1.29 is 9.53 Å². The summed E-state index contributed by atoms with van der Waals surface area (Å²) in [5, 5.41) is 3.89. The van der Waals surface area contributed by atoms with E-state index in [9.17, 15) is 4.79 Å². The summed E-state index contributed by atoms with van der Waals surface area (Å²) in [4.78, 5) is 11.5. The first-order chi connectivity index (χ1) is 8.37. The molecule has 0 aliphatic carbocycles. The van der Waals surface area contributed by atoms with Crippen molar-refractivity contribution in [3.63, 3.8) is 0 Å². The maximum Gasteiger partial charge on any atom is 0.307 e. The Morgan fingerprint density at radius 1 is 1.39 bits per heavy atom. The summed E-state index contributed by atoms with van der Waals surface area (Å²) in [5.41, 5.74) is 0.924. The number of rotatable bonds is 5. The first-order valence-corrected chi connectivity index (χ1v) is 6.40. The van der Waals surface area contributed by atoms with Crippen LogP contribution in [0.3, 0.4) is 0 Å². The zero-order chi connectivity index (χ0) is 13.6. The molecule has 0 spiro atoms. The Labute approximate surface area is 113 Å². The molecule has 1 N–H and O–H groups in total. The highest BCUT2D eigenvalue weighted by Crippen LogP contribution is 2.11. The molecular weight excluding hydrogens is 250 g/mol. The van der Waals surface area contributed by atoms with Gasteiger partial charge in [0.15, 0.2) is 0 Å². The molecule has 0 saturated heterocycles. The van der Waals surface area contributed by atoms with Crippen molar-refractivity contribution in [2.24, 2.45) is 0 Å². The Kier molecular flexibility index (Phi) is 5.63. The van der Waals surface area contributed by atoms with Gasteiger partial charge in [-0.25, -0.2) is 0 Å². The molecule has 0 bridgehead atoms. The first kappa shape index (κ1) is 15.0. The highest BCUT2D eigenvalue weighted by Gasteiger charge is 2.10. The number of esters is 1. The van der Waals surface area contributed by atoms with Gasteiger partial charge in [0, 0.05) is 17.1 Å². The van der Waals surface area contributed by atoms with Gasteiger partial charge in [-0.3, -0.25) is 4.79 Å². The van der Waals surface area contributed by atoms with Crippen molar-refractivity contribution >= 4 is 17.6 Å². The molecule has 0 saturated carbocycles. The maximum atomic E-state index is 11.5. The number of halogens is 1. The molecule has 0 amide bonds. The Hall–Kier alpha value is -1.06. The Bertz CT molecular complexity index is 399. The molecule has 0 unspecified atom stereocenters. The molecule has 0 heterocycles. The van der Waals surface area contributed by atoms with Crippen molar-refractivity contribution in [3.8, 4) is 0 Å². The van der Waals surface area contributed by atoms with Crippen LogP contribution in [-0.4, -0.2) is 18.1 Å². The highest BCUT2D eigenvalue weighted by atomic mass is 35.5. The molecule has 1 rings (SSSR count). The van der Waals surface area contributed by atoms with Crippen LogP contribution in [0.15, 0.2) is 24.3 Å². The van der Waals surface area contributed by atoms with Crippen LogP contribution in [-0.2, 0) is 16.1 Å². The van der Waals surface area contributed by atoms with Gasteiger partial charge in [0.05, 0.1) is 6.42 Å². The molecule has 0 aliphatic heterocycles. The van der Waals surface area contributed by atoms with Gasteiger partial charge in [-0.05, 0) is 38.5 Å². The van der Waals surface area contributed by atoms with Gasteiger partial charge in [0.1, 0.15) is 6.61 Å². The first-order valence-electron chi connectivity index (χ1n) is 6.02. The van der Waals surface area contributed by atoms with E-state index in [2.05, 4.69) is 26.1 Å². The summed E-state index contributed by atoms with van der Waals surface area (Å²) in [6.45, 7) is 7.08. The van der Waals surface area contributed by atoms with Crippen molar-refractivity contribution in [3.05, 3.63) is 34.9 Å². The van der Waals surface area contributed by atoms with E-state index >= 15 is 0 Å². The summed E-state index contributed by atoms with van der Waals surface area (Å²) >= 11 is 5.84. The minimum absolute atomic E-state index is 0.0211. The van der Waals surface area contributed by atoms with Crippen LogP contribution >= 0.6 is 11.6 Å². The van der Waals surface area contributed by atoms with Gasteiger partial charge < -0.3 is 10.1 Å².